The van der Waals surface area contributed by atoms with Crippen LogP contribution in [0.15, 0.2) is 17.1 Å². The third-order valence-electron chi connectivity index (χ3n) is 2.07. The highest BCUT2D eigenvalue weighted by atomic mass is 16.2. The predicted octanol–water partition coefficient (Wildman–Crippen LogP) is -0.551. The van der Waals surface area contributed by atoms with Crippen molar-refractivity contribution in [2.24, 2.45) is 11.7 Å². The van der Waals surface area contributed by atoms with Gasteiger partial charge in [0.05, 0.1) is 6.04 Å². The molecule has 1 rings (SSSR count). The summed E-state index contributed by atoms with van der Waals surface area (Å²) in [6, 6.07) is 0.667. The van der Waals surface area contributed by atoms with E-state index in [0.717, 1.165) is 4.57 Å². The van der Waals surface area contributed by atoms with Crippen LogP contribution in [0, 0.1) is 5.92 Å². The molecule has 0 saturated heterocycles. The minimum absolute atomic E-state index is 0.0399. The zero-order valence-electron chi connectivity index (χ0n) is 8.68. The van der Waals surface area contributed by atoms with E-state index in [-0.39, 0.29) is 11.7 Å². The van der Waals surface area contributed by atoms with E-state index in [2.05, 4.69) is 4.98 Å². The molecule has 1 heterocycles. The van der Waals surface area contributed by atoms with Crippen LogP contribution in [-0.4, -0.2) is 21.5 Å². The maximum atomic E-state index is 11.7. The van der Waals surface area contributed by atoms with E-state index < -0.39 is 17.6 Å². The normalized spacial score (nSPS) is 12.8. The minimum Gasteiger partial charge on any atom is -0.383 e. The van der Waals surface area contributed by atoms with Gasteiger partial charge in [-0.1, -0.05) is 13.8 Å². The Labute approximate surface area is 86.9 Å². The molecule has 1 atom stereocenters. The van der Waals surface area contributed by atoms with E-state index in [4.69, 9.17) is 11.5 Å². The lowest BCUT2D eigenvalue weighted by Crippen LogP contribution is -2.43. The Balaban J connectivity index is 3.07. The molecule has 0 fully saturated rings. The van der Waals surface area contributed by atoms with Gasteiger partial charge in [0.15, 0.2) is 0 Å². The molecule has 0 aromatic carbocycles. The third-order valence-corrected chi connectivity index (χ3v) is 2.07. The summed E-state index contributed by atoms with van der Waals surface area (Å²) >= 11 is 0. The first-order valence-corrected chi connectivity index (χ1v) is 4.58. The van der Waals surface area contributed by atoms with E-state index >= 15 is 0 Å². The van der Waals surface area contributed by atoms with Crippen LogP contribution in [0.1, 0.15) is 18.6 Å². The summed E-state index contributed by atoms with van der Waals surface area (Å²) < 4.78 is 0.876. The monoisotopic (exact) mass is 210 g/mol. The SMILES string of the molecule is CC(C)C(N)C(=O)n1ccc(N)nc1=O. The van der Waals surface area contributed by atoms with Gasteiger partial charge in [0.1, 0.15) is 5.82 Å². The lowest BCUT2D eigenvalue weighted by molar-refractivity contribution is 0.0851. The molecule has 0 radical (unpaired) electrons. The number of carbonyl (C=O) groups excluding carboxylic acids is 1. The van der Waals surface area contributed by atoms with Crippen LogP contribution in [0.25, 0.3) is 0 Å². The molecular weight excluding hydrogens is 196 g/mol. The summed E-state index contributed by atoms with van der Waals surface area (Å²) in [7, 11) is 0. The number of aromatic nitrogens is 2. The number of nitrogens with two attached hydrogens (primary N) is 2. The molecule has 1 unspecified atom stereocenters. The van der Waals surface area contributed by atoms with Crippen molar-refractivity contribution in [3.8, 4) is 0 Å². The van der Waals surface area contributed by atoms with Gasteiger partial charge in [0.25, 0.3) is 5.91 Å². The highest BCUT2D eigenvalue weighted by Crippen LogP contribution is 2.01. The van der Waals surface area contributed by atoms with E-state index in [0.29, 0.717) is 0 Å². The Morgan fingerprint density at radius 2 is 2.13 bits per heavy atom. The molecule has 0 saturated carbocycles. The molecule has 0 aliphatic rings. The van der Waals surface area contributed by atoms with E-state index in [9.17, 15) is 9.59 Å². The standard InChI is InChI=1S/C9H14N4O2/c1-5(2)7(11)8(14)13-4-3-6(10)12-9(13)15/h3-5,7H,11H2,1-2H3,(H2,10,12,15). The van der Waals surface area contributed by atoms with Gasteiger partial charge < -0.3 is 11.5 Å². The summed E-state index contributed by atoms with van der Waals surface area (Å²) in [5.74, 6) is -0.424. The van der Waals surface area contributed by atoms with Gasteiger partial charge in [-0.05, 0) is 12.0 Å². The Morgan fingerprint density at radius 3 is 2.60 bits per heavy atom. The fourth-order valence-corrected chi connectivity index (χ4v) is 1.03. The molecule has 6 nitrogen and oxygen atoms in total. The van der Waals surface area contributed by atoms with Crippen molar-refractivity contribution < 1.29 is 4.79 Å². The maximum Gasteiger partial charge on any atom is 0.356 e. The zero-order valence-corrected chi connectivity index (χ0v) is 8.68. The molecule has 82 valence electrons. The highest BCUT2D eigenvalue weighted by Gasteiger charge is 2.20. The predicted molar refractivity (Wildman–Crippen MR) is 56.3 cm³/mol. The minimum atomic E-state index is -0.715. The Hall–Kier alpha value is -1.69. The van der Waals surface area contributed by atoms with Gasteiger partial charge in [-0.25, -0.2) is 9.36 Å². The van der Waals surface area contributed by atoms with Crippen molar-refractivity contribution in [1.82, 2.24) is 9.55 Å². The Morgan fingerprint density at radius 1 is 1.53 bits per heavy atom. The van der Waals surface area contributed by atoms with Crippen LogP contribution in [0.4, 0.5) is 5.82 Å². The van der Waals surface area contributed by atoms with Crippen molar-refractivity contribution >= 4 is 11.7 Å². The first-order chi connectivity index (χ1) is 6.93. The summed E-state index contributed by atoms with van der Waals surface area (Å²) in [5.41, 5.74) is 10.2. The Bertz CT molecular complexity index is 424. The van der Waals surface area contributed by atoms with Crippen LogP contribution in [0.3, 0.4) is 0 Å². The van der Waals surface area contributed by atoms with Crippen molar-refractivity contribution in [1.29, 1.82) is 0 Å². The van der Waals surface area contributed by atoms with Crippen LogP contribution in [0.5, 0.6) is 0 Å². The van der Waals surface area contributed by atoms with Crippen LogP contribution in [0.2, 0.25) is 0 Å². The first kappa shape index (κ1) is 11.4. The zero-order chi connectivity index (χ0) is 11.6. The van der Waals surface area contributed by atoms with Gasteiger partial charge in [-0.3, -0.25) is 4.79 Å². The van der Waals surface area contributed by atoms with Gasteiger partial charge >= 0.3 is 5.69 Å². The van der Waals surface area contributed by atoms with Gasteiger partial charge in [0, 0.05) is 6.20 Å². The molecule has 4 N–H and O–H groups in total. The fourth-order valence-electron chi connectivity index (χ4n) is 1.03. The second-order valence-electron chi connectivity index (χ2n) is 3.61. The number of anilines is 1. The summed E-state index contributed by atoms with van der Waals surface area (Å²) in [6.45, 7) is 3.61. The third kappa shape index (κ3) is 2.41. The fraction of sp³-hybridized carbons (Fsp3) is 0.444. The van der Waals surface area contributed by atoms with Gasteiger partial charge in [0.2, 0.25) is 0 Å². The average Bonchev–Trinajstić information content (AvgIpc) is 2.15. The summed E-state index contributed by atoms with van der Waals surface area (Å²) in [6.07, 6.45) is 1.29. The molecule has 1 aromatic rings. The molecule has 0 spiro atoms. The molecule has 1 aromatic heterocycles. The van der Waals surface area contributed by atoms with Crippen LogP contribution in [-0.2, 0) is 0 Å². The summed E-state index contributed by atoms with van der Waals surface area (Å²) in [4.78, 5) is 26.4. The van der Waals surface area contributed by atoms with E-state index in [1.165, 1.54) is 12.3 Å². The molecule has 6 heteroatoms. The number of hydrogen-bond acceptors (Lipinski definition) is 5. The summed E-state index contributed by atoms with van der Waals surface area (Å²) in [5, 5.41) is 0. The molecular formula is C9H14N4O2. The van der Waals surface area contributed by atoms with Crippen molar-refractivity contribution in [2.45, 2.75) is 19.9 Å². The van der Waals surface area contributed by atoms with Crippen molar-refractivity contribution in [2.75, 3.05) is 5.73 Å². The Kier molecular flexibility index (Phi) is 3.21. The number of rotatable bonds is 2. The number of carbonyl (C=O) groups is 1. The molecule has 0 aliphatic carbocycles. The van der Waals surface area contributed by atoms with Crippen molar-refractivity contribution in [3.05, 3.63) is 22.7 Å². The van der Waals surface area contributed by atoms with Gasteiger partial charge in [-0.2, -0.15) is 4.98 Å². The molecule has 0 aliphatic heterocycles. The lowest BCUT2D eigenvalue weighted by Gasteiger charge is -2.14. The van der Waals surface area contributed by atoms with Crippen LogP contribution >= 0.6 is 0 Å². The van der Waals surface area contributed by atoms with Crippen molar-refractivity contribution in [3.63, 3.8) is 0 Å². The second kappa shape index (κ2) is 4.22. The second-order valence-corrected chi connectivity index (χ2v) is 3.61. The largest absolute Gasteiger partial charge is 0.383 e. The number of nitrogen functional groups attached to an aromatic ring is 1. The smallest absolute Gasteiger partial charge is 0.356 e. The average molecular weight is 210 g/mol. The number of hydrogen-bond donors (Lipinski definition) is 2. The number of nitrogens with zero attached hydrogens (tertiary/aromatic N) is 2. The first-order valence-electron chi connectivity index (χ1n) is 4.58. The highest BCUT2D eigenvalue weighted by molar-refractivity contribution is 5.84. The van der Waals surface area contributed by atoms with E-state index in [1.54, 1.807) is 13.8 Å². The lowest BCUT2D eigenvalue weighted by atomic mass is 10.1. The van der Waals surface area contributed by atoms with Crippen LogP contribution < -0.4 is 17.2 Å². The van der Waals surface area contributed by atoms with E-state index in [1.807, 2.05) is 0 Å². The molecule has 0 amide bonds. The quantitative estimate of drug-likeness (QED) is 0.681. The maximum absolute atomic E-state index is 11.7. The molecule has 15 heavy (non-hydrogen) atoms. The topological polar surface area (TPSA) is 104 Å². The van der Waals surface area contributed by atoms with Gasteiger partial charge in [-0.15, -0.1) is 0 Å². The molecule has 0 bridgehead atoms.